The van der Waals surface area contributed by atoms with Gasteiger partial charge in [0.25, 0.3) is 0 Å². The number of ether oxygens (including phenoxy) is 1. The molecule has 1 aliphatic carbocycles. The standard InChI is InChI=1S/C27H20N2O/c1-2-9-20(10-3-1)19-30-22-12-8-11-21(17-22)18-28-29-27-25-15-6-4-13-23(25)24-14-5-7-16-26(24)27/h1-18H,19H2. The molecule has 0 saturated heterocycles. The van der Waals surface area contributed by atoms with E-state index in [0.29, 0.717) is 6.61 Å². The van der Waals surface area contributed by atoms with E-state index in [-0.39, 0.29) is 0 Å². The van der Waals surface area contributed by atoms with E-state index in [0.717, 1.165) is 33.7 Å². The zero-order valence-corrected chi connectivity index (χ0v) is 16.4. The van der Waals surface area contributed by atoms with Crippen molar-refractivity contribution >= 4 is 11.9 Å². The molecular weight excluding hydrogens is 368 g/mol. The van der Waals surface area contributed by atoms with Crippen LogP contribution in [0.1, 0.15) is 22.3 Å². The van der Waals surface area contributed by atoms with Crippen molar-refractivity contribution in [1.29, 1.82) is 0 Å². The molecule has 0 radical (unpaired) electrons. The first-order chi connectivity index (χ1) is 14.9. The van der Waals surface area contributed by atoms with Gasteiger partial charge in [0.1, 0.15) is 18.1 Å². The third kappa shape index (κ3) is 3.65. The van der Waals surface area contributed by atoms with Crippen molar-refractivity contribution in [3.63, 3.8) is 0 Å². The molecule has 0 aromatic heterocycles. The summed E-state index contributed by atoms with van der Waals surface area (Å²) in [4.78, 5) is 0. The van der Waals surface area contributed by atoms with Crippen LogP contribution in [0.2, 0.25) is 0 Å². The fourth-order valence-corrected chi connectivity index (χ4v) is 3.68. The van der Waals surface area contributed by atoms with Crippen LogP contribution in [0.4, 0.5) is 0 Å². The smallest absolute Gasteiger partial charge is 0.120 e. The Balaban J connectivity index is 1.37. The van der Waals surface area contributed by atoms with Crippen molar-refractivity contribution < 1.29 is 4.74 Å². The minimum absolute atomic E-state index is 0.539. The van der Waals surface area contributed by atoms with E-state index in [1.54, 1.807) is 6.21 Å². The molecule has 0 N–H and O–H groups in total. The van der Waals surface area contributed by atoms with Gasteiger partial charge in [-0.15, -0.1) is 5.10 Å². The molecule has 0 heterocycles. The van der Waals surface area contributed by atoms with Gasteiger partial charge in [-0.05, 0) is 34.4 Å². The number of hydrogen-bond donors (Lipinski definition) is 0. The van der Waals surface area contributed by atoms with Crippen molar-refractivity contribution in [1.82, 2.24) is 0 Å². The van der Waals surface area contributed by atoms with Gasteiger partial charge in [0.15, 0.2) is 0 Å². The van der Waals surface area contributed by atoms with E-state index in [4.69, 9.17) is 4.74 Å². The summed E-state index contributed by atoms with van der Waals surface area (Å²) in [5, 5.41) is 8.96. The first-order valence-corrected chi connectivity index (χ1v) is 9.95. The monoisotopic (exact) mass is 388 g/mol. The van der Waals surface area contributed by atoms with Crippen molar-refractivity contribution in [2.24, 2.45) is 10.2 Å². The highest BCUT2D eigenvalue weighted by Crippen LogP contribution is 2.36. The summed E-state index contributed by atoms with van der Waals surface area (Å²) >= 11 is 0. The van der Waals surface area contributed by atoms with Crippen LogP contribution < -0.4 is 4.74 Å². The number of fused-ring (bicyclic) bond motifs is 3. The fraction of sp³-hybridized carbons (Fsp3) is 0.0370. The molecule has 0 unspecified atom stereocenters. The van der Waals surface area contributed by atoms with E-state index in [2.05, 4.69) is 58.7 Å². The van der Waals surface area contributed by atoms with Gasteiger partial charge < -0.3 is 4.74 Å². The lowest BCUT2D eigenvalue weighted by Crippen LogP contribution is -1.97. The lowest BCUT2D eigenvalue weighted by molar-refractivity contribution is 0.306. The molecular formula is C27H20N2O. The summed E-state index contributed by atoms with van der Waals surface area (Å²) in [7, 11) is 0. The summed E-state index contributed by atoms with van der Waals surface area (Å²) in [6.45, 7) is 0.539. The molecule has 0 amide bonds. The van der Waals surface area contributed by atoms with Gasteiger partial charge in [-0.3, -0.25) is 0 Å². The highest BCUT2D eigenvalue weighted by molar-refractivity contribution is 6.24. The summed E-state index contributed by atoms with van der Waals surface area (Å²) in [5.74, 6) is 0.812. The predicted octanol–water partition coefficient (Wildman–Crippen LogP) is 6.12. The van der Waals surface area contributed by atoms with E-state index in [9.17, 15) is 0 Å². The second-order valence-electron chi connectivity index (χ2n) is 7.13. The van der Waals surface area contributed by atoms with Gasteiger partial charge in [0.05, 0.1) is 6.21 Å². The minimum atomic E-state index is 0.539. The van der Waals surface area contributed by atoms with Crippen LogP contribution >= 0.6 is 0 Å². The second kappa shape index (κ2) is 8.18. The first-order valence-electron chi connectivity index (χ1n) is 9.95. The average molecular weight is 388 g/mol. The van der Waals surface area contributed by atoms with E-state index in [1.807, 2.05) is 54.6 Å². The fourth-order valence-electron chi connectivity index (χ4n) is 3.68. The van der Waals surface area contributed by atoms with Gasteiger partial charge in [-0.1, -0.05) is 91.0 Å². The van der Waals surface area contributed by atoms with Crippen LogP contribution in [0, 0.1) is 0 Å². The zero-order chi connectivity index (χ0) is 20.2. The maximum atomic E-state index is 5.91. The molecule has 1 aliphatic rings. The molecule has 0 aliphatic heterocycles. The maximum absolute atomic E-state index is 5.91. The summed E-state index contributed by atoms with van der Waals surface area (Å²) in [6.07, 6.45) is 1.77. The van der Waals surface area contributed by atoms with Crippen LogP contribution in [0.15, 0.2) is 113 Å². The van der Waals surface area contributed by atoms with Crippen molar-refractivity contribution in [2.45, 2.75) is 6.61 Å². The van der Waals surface area contributed by atoms with Gasteiger partial charge in [0, 0.05) is 11.1 Å². The Bertz CT molecular complexity index is 1190. The molecule has 0 atom stereocenters. The largest absolute Gasteiger partial charge is 0.489 e. The van der Waals surface area contributed by atoms with Gasteiger partial charge >= 0.3 is 0 Å². The number of hydrogen-bond acceptors (Lipinski definition) is 3. The number of benzene rings is 4. The van der Waals surface area contributed by atoms with Crippen LogP contribution in [0.5, 0.6) is 5.75 Å². The van der Waals surface area contributed by atoms with Gasteiger partial charge in [0.2, 0.25) is 0 Å². The SMILES string of the molecule is C(=NN=C1c2ccccc2-c2ccccc21)c1cccc(OCc2ccccc2)c1. The Morgan fingerprint density at radius 1 is 0.633 bits per heavy atom. The molecule has 3 heteroatoms. The summed E-state index contributed by atoms with van der Waals surface area (Å²) in [5.41, 5.74) is 7.66. The van der Waals surface area contributed by atoms with Crippen LogP contribution in [-0.4, -0.2) is 11.9 Å². The molecule has 3 nitrogen and oxygen atoms in total. The van der Waals surface area contributed by atoms with Crippen molar-refractivity contribution in [3.05, 3.63) is 125 Å². The number of nitrogens with zero attached hydrogens (tertiary/aromatic N) is 2. The molecule has 0 spiro atoms. The van der Waals surface area contributed by atoms with Crippen molar-refractivity contribution in [3.8, 4) is 16.9 Å². The Labute approximate surface area is 176 Å². The normalized spacial score (nSPS) is 11.9. The third-order valence-corrected chi connectivity index (χ3v) is 5.13. The Morgan fingerprint density at radius 2 is 1.27 bits per heavy atom. The molecule has 30 heavy (non-hydrogen) atoms. The second-order valence-corrected chi connectivity index (χ2v) is 7.13. The Kier molecular flexibility index (Phi) is 4.93. The van der Waals surface area contributed by atoms with Crippen molar-refractivity contribution in [2.75, 3.05) is 0 Å². The summed E-state index contributed by atoms with van der Waals surface area (Å²) in [6, 6.07) is 34.7. The molecule has 144 valence electrons. The van der Waals surface area contributed by atoms with E-state index >= 15 is 0 Å². The van der Waals surface area contributed by atoms with Crippen LogP contribution in [0.3, 0.4) is 0 Å². The van der Waals surface area contributed by atoms with Crippen LogP contribution in [-0.2, 0) is 6.61 Å². The third-order valence-electron chi connectivity index (χ3n) is 5.13. The first kappa shape index (κ1) is 18.1. The molecule has 0 bridgehead atoms. The van der Waals surface area contributed by atoms with Crippen LogP contribution in [0.25, 0.3) is 11.1 Å². The average Bonchev–Trinajstić information content (AvgIpc) is 3.13. The summed E-state index contributed by atoms with van der Waals surface area (Å²) < 4.78 is 5.91. The van der Waals surface area contributed by atoms with Gasteiger partial charge in [-0.2, -0.15) is 5.10 Å². The highest BCUT2D eigenvalue weighted by Gasteiger charge is 2.23. The molecule has 0 fully saturated rings. The molecule has 5 rings (SSSR count). The predicted molar refractivity (Wildman–Crippen MR) is 122 cm³/mol. The lowest BCUT2D eigenvalue weighted by Gasteiger charge is -2.06. The minimum Gasteiger partial charge on any atom is -0.489 e. The number of rotatable bonds is 5. The van der Waals surface area contributed by atoms with E-state index < -0.39 is 0 Å². The quantitative estimate of drug-likeness (QED) is 0.264. The molecule has 4 aromatic rings. The maximum Gasteiger partial charge on any atom is 0.120 e. The molecule has 4 aromatic carbocycles. The van der Waals surface area contributed by atoms with E-state index in [1.165, 1.54) is 11.1 Å². The lowest BCUT2D eigenvalue weighted by atomic mass is 10.1. The molecule has 0 saturated carbocycles. The zero-order valence-electron chi connectivity index (χ0n) is 16.4. The van der Waals surface area contributed by atoms with Gasteiger partial charge in [-0.25, -0.2) is 0 Å². The topological polar surface area (TPSA) is 34.0 Å². The Hall–Kier alpha value is -3.98. The highest BCUT2D eigenvalue weighted by atomic mass is 16.5. The Morgan fingerprint density at radius 3 is 1.97 bits per heavy atom.